The van der Waals surface area contributed by atoms with Crippen LogP contribution in [0.5, 0.6) is 0 Å². The van der Waals surface area contributed by atoms with Gasteiger partial charge in [-0.2, -0.15) is 0 Å². The van der Waals surface area contributed by atoms with Crippen LogP contribution in [0.15, 0.2) is 0 Å². The molecule has 21 heavy (non-hydrogen) atoms. The van der Waals surface area contributed by atoms with Gasteiger partial charge in [0.2, 0.25) is 11.8 Å². The average molecular weight is 294 g/mol. The molecule has 0 aliphatic heterocycles. The molecule has 2 aliphatic carbocycles. The number of hydrogen-bond acceptors (Lipinski definition) is 2. The van der Waals surface area contributed by atoms with E-state index in [0.717, 1.165) is 19.3 Å². The summed E-state index contributed by atoms with van der Waals surface area (Å²) in [4.78, 5) is 25.3. The second-order valence-corrected chi connectivity index (χ2v) is 8.86. The van der Waals surface area contributed by atoms with Crippen LogP contribution in [0, 0.1) is 23.7 Å². The zero-order chi connectivity index (χ0) is 16.0. The number of carbonyl (C=O) groups is 2. The largest absolute Gasteiger partial charge is 0.351 e. The van der Waals surface area contributed by atoms with E-state index in [2.05, 4.69) is 10.6 Å². The van der Waals surface area contributed by atoms with Gasteiger partial charge < -0.3 is 10.6 Å². The van der Waals surface area contributed by atoms with Crippen LogP contribution in [0.4, 0.5) is 0 Å². The summed E-state index contributed by atoms with van der Waals surface area (Å²) < 4.78 is 0. The van der Waals surface area contributed by atoms with Crippen molar-refractivity contribution in [3.63, 3.8) is 0 Å². The van der Waals surface area contributed by atoms with E-state index in [9.17, 15) is 9.59 Å². The molecule has 2 N–H and O–H groups in total. The Morgan fingerprint density at radius 2 is 1.10 bits per heavy atom. The molecular weight excluding hydrogens is 264 g/mol. The number of nitrogens with one attached hydrogen (secondary N) is 2. The molecule has 2 aliphatic rings. The summed E-state index contributed by atoms with van der Waals surface area (Å²) in [6, 6.07) is 0. The highest BCUT2D eigenvalue weighted by molar-refractivity contribution is 5.89. The molecule has 0 aromatic carbocycles. The van der Waals surface area contributed by atoms with Gasteiger partial charge in [0.05, 0.1) is 11.8 Å². The maximum atomic E-state index is 12.6. The van der Waals surface area contributed by atoms with Crippen molar-refractivity contribution in [2.24, 2.45) is 23.7 Å². The number of fused-ring (bicyclic) bond motifs is 2. The highest BCUT2D eigenvalue weighted by Gasteiger charge is 2.54. The lowest BCUT2D eigenvalue weighted by Gasteiger charge is -2.34. The van der Waals surface area contributed by atoms with Gasteiger partial charge in [-0.3, -0.25) is 9.59 Å². The fourth-order valence-electron chi connectivity index (χ4n) is 3.95. The minimum Gasteiger partial charge on any atom is -0.351 e. The minimum absolute atomic E-state index is 0.0590. The molecule has 4 heteroatoms. The third-order valence-electron chi connectivity index (χ3n) is 4.52. The van der Waals surface area contributed by atoms with E-state index in [4.69, 9.17) is 0 Å². The van der Waals surface area contributed by atoms with Crippen LogP contribution in [0.2, 0.25) is 0 Å². The minimum atomic E-state index is -0.246. The van der Waals surface area contributed by atoms with E-state index in [1.807, 2.05) is 41.5 Å². The van der Waals surface area contributed by atoms with Crippen molar-refractivity contribution >= 4 is 11.8 Å². The van der Waals surface area contributed by atoms with Crippen molar-refractivity contribution in [1.82, 2.24) is 10.6 Å². The van der Waals surface area contributed by atoms with Crippen molar-refractivity contribution in [3.8, 4) is 0 Å². The van der Waals surface area contributed by atoms with Gasteiger partial charge in [0, 0.05) is 11.1 Å². The van der Waals surface area contributed by atoms with Crippen LogP contribution in [-0.4, -0.2) is 22.9 Å². The second-order valence-electron chi connectivity index (χ2n) is 8.86. The normalized spacial score (nSPS) is 32.1. The lowest BCUT2D eigenvalue weighted by atomic mass is 9.77. The first-order valence-electron chi connectivity index (χ1n) is 8.12. The van der Waals surface area contributed by atoms with Crippen LogP contribution in [0.3, 0.4) is 0 Å². The molecule has 2 rings (SSSR count). The maximum absolute atomic E-state index is 12.6. The second kappa shape index (κ2) is 5.29. The zero-order valence-electron chi connectivity index (χ0n) is 14.2. The molecule has 2 bridgehead atoms. The summed E-state index contributed by atoms with van der Waals surface area (Å²) in [5.41, 5.74) is -0.492. The fraction of sp³-hybridized carbons (Fsp3) is 0.882. The molecule has 2 saturated carbocycles. The van der Waals surface area contributed by atoms with E-state index in [1.165, 1.54) is 0 Å². The number of carbonyl (C=O) groups excluding carboxylic acids is 2. The smallest absolute Gasteiger partial charge is 0.224 e. The first-order chi connectivity index (χ1) is 9.48. The Morgan fingerprint density at radius 3 is 1.38 bits per heavy atom. The average Bonchev–Trinajstić information content (AvgIpc) is 2.82. The van der Waals surface area contributed by atoms with Gasteiger partial charge in [-0.1, -0.05) is 0 Å². The quantitative estimate of drug-likeness (QED) is 0.822. The fourth-order valence-corrected chi connectivity index (χ4v) is 3.95. The van der Waals surface area contributed by atoms with E-state index in [-0.39, 0.29) is 34.7 Å². The van der Waals surface area contributed by atoms with E-state index < -0.39 is 0 Å². The summed E-state index contributed by atoms with van der Waals surface area (Å²) in [6.45, 7) is 11.9. The molecule has 0 aromatic rings. The predicted molar refractivity (Wildman–Crippen MR) is 83.6 cm³/mol. The van der Waals surface area contributed by atoms with Gasteiger partial charge >= 0.3 is 0 Å². The molecule has 0 aromatic heterocycles. The van der Waals surface area contributed by atoms with Crippen LogP contribution in [0.25, 0.3) is 0 Å². The standard InChI is InChI=1S/C17H30N2O2/c1-16(2,3)18-14(20)12-10-7-8-11(9-10)13(12)15(21)19-17(4,5)6/h10-13H,7-9H2,1-6H3,(H,18,20)(H,19,21)/t10-,11+,12-,13-/m0/s1. The van der Waals surface area contributed by atoms with Crippen molar-refractivity contribution in [2.75, 3.05) is 0 Å². The molecule has 0 spiro atoms. The van der Waals surface area contributed by atoms with Crippen molar-refractivity contribution in [1.29, 1.82) is 0 Å². The highest BCUT2D eigenvalue weighted by Crippen LogP contribution is 2.52. The van der Waals surface area contributed by atoms with Crippen molar-refractivity contribution in [3.05, 3.63) is 0 Å². The van der Waals surface area contributed by atoms with Gasteiger partial charge in [-0.05, 0) is 72.6 Å². The summed E-state index contributed by atoms with van der Waals surface area (Å²) in [7, 11) is 0. The topological polar surface area (TPSA) is 58.2 Å². The Bertz CT molecular complexity index is 391. The van der Waals surface area contributed by atoms with Crippen molar-refractivity contribution in [2.45, 2.75) is 71.9 Å². The van der Waals surface area contributed by atoms with Crippen molar-refractivity contribution < 1.29 is 9.59 Å². The lowest BCUT2D eigenvalue weighted by Crippen LogP contribution is -2.52. The molecule has 4 atom stereocenters. The molecule has 120 valence electrons. The summed E-state index contributed by atoms with van der Waals surface area (Å²) in [5, 5.41) is 6.15. The summed E-state index contributed by atoms with van der Waals surface area (Å²) >= 11 is 0. The molecule has 0 radical (unpaired) electrons. The maximum Gasteiger partial charge on any atom is 0.224 e. The number of hydrogen-bond donors (Lipinski definition) is 2. The van der Waals surface area contributed by atoms with Crippen LogP contribution in [-0.2, 0) is 9.59 Å². The highest BCUT2D eigenvalue weighted by atomic mass is 16.2. The van der Waals surface area contributed by atoms with E-state index >= 15 is 0 Å². The van der Waals surface area contributed by atoms with Gasteiger partial charge in [-0.15, -0.1) is 0 Å². The SMILES string of the molecule is CC(C)(C)NC(=O)[C@H]1[C@@H]2CC[C@@H](C2)[C@@H]1C(=O)NC(C)(C)C. The number of amides is 2. The van der Waals surface area contributed by atoms with E-state index in [0.29, 0.717) is 11.8 Å². The Kier molecular flexibility index (Phi) is 4.11. The van der Waals surface area contributed by atoms with E-state index in [1.54, 1.807) is 0 Å². The van der Waals surface area contributed by atoms with Crippen LogP contribution < -0.4 is 10.6 Å². The Morgan fingerprint density at radius 1 is 0.762 bits per heavy atom. The molecule has 2 amide bonds. The zero-order valence-corrected chi connectivity index (χ0v) is 14.2. The van der Waals surface area contributed by atoms with Gasteiger partial charge in [0.1, 0.15) is 0 Å². The first kappa shape index (κ1) is 16.3. The lowest BCUT2D eigenvalue weighted by molar-refractivity contribution is -0.138. The Hall–Kier alpha value is -1.06. The molecule has 0 unspecified atom stereocenters. The number of rotatable bonds is 2. The molecule has 4 nitrogen and oxygen atoms in total. The van der Waals surface area contributed by atoms with Gasteiger partial charge in [-0.25, -0.2) is 0 Å². The summed E-state index contributed by atoms with van der Waals surface area (Å²) in [5.74, 6) is 0.587. The Balaban J connectivity index is 2.14. The van der Waals surface area contributed by atoms with Gasteiger partial charge in [0.15, 0.2) is 0 Å². The first-order valence-corrected chi connectivity index (χ1v) is 8.12. The third-order valence-corrected chi connectivity index (χ3v) is 4.52. The monoisotopic (exact) mass is 294 g/mol. The molecule has 0 heterocycles. The summed E-state index contributed by atoms with van der Waals surface area (Å²) in [6.07, 6.45) is 3.21. The molecule has 0 saturated heterocycles. The Labute approximate surface area is 128 Å². The molecular formula is C17H30N2O2. The van der Waals surface area contributed by atoms with Crippen LogP contribution >= 0.6 is 0 Å². The predicted octanol–water partition coefficient (Wildman–Crippen LogP) is 2.48. The molecule has 2 fully saturated rings. The van der Waals surface area contributed by atoms with Gasteiger partial charge in [0.25, 0.3) is 0 Å². The van der Waals surface area contributed by atoms with Crippen LogP contribution in [0.1, 0.15) is 60.8 Å². The third kappa shape index (κ3) is 3.78.